The first kappa shape index (κ1) is 10.6. The summed E-state index contributed by atoms with van der Waals surface area (Å²) in [5.74, 6) is 1.44. The van der Waals surface area contributed by atoms with Gasteiger partial charge >= 0.3 is 0 Å². The number of rotatable bonds is 4. The molecule has 4 nitrogen and oxygen atoms in total. The molecule has 0 aliphatic carbocycles. The molecule has 0 saturated carbocycles. The average molecular weight is 209 g/mol. The van der Waals surface area contributed by atoms with Crippen LogP contribution in [0.5, 0.6) is 0 Å². The summed E-state index contributed by atoms with van der Waals surface area (Å²) in [5, 5.41) is 0. The SMILES string of the molecule is CCCn1ccnc1C(N)C1CCOC1. The van der Waals surface area contributed by atoms with Crippen molar-refractivity contribution in [3.8, 4) is 0 Å². The van der Waals surface area contributed by atoms with E-state index in [1.807, 2.05) is 12.4 Å². The summed E-state index contributed by atoms with van der Waals surface area (Å²) in [6.45, 7) is 4.78. The van der Waals surface area contributed by atoms with Gasteiger partial charge in [-0.25, -0.2) is 4.98 Å². The molecule has 1 aliphatic heterocycles. The molecule has 1 saturated heterocycles. The normalized spacial score (nSPS) is 23.2. The lowest BCUT2D eigenvalue weighted by molar-refractivity contribution is 0.179. The maximum Gasteiger partial charge on any atom is 0.125 e. The molecule has 2 unspecified atom stereocenters. The first-order valence-electron chi connectivity index (χ1n) is 5.67. The molecule has 4 heteroatoms. The fourth-order valence-corrected chi connectivity index (χ4v) is 2.10. The quantitative estimate of drug-likeness (QED) is 0.814. The van der Waals surface area contributed by atoms with Gasteiger partial charge < -0.3 is 15.0 Å². The second-order valence-electron chi connectivity index (χ2n) is 4.13. The number of hydrogen-bond donors (Lipinski definition) is 1. The van der Waals surface area contributed by atoms with Crippen LogP contribution in [0.25, 0.3) is 0 Å². The van der Waals surface area contributed by atoms with Crippen molar-refractivity contribution in [3.05, 3.63) is 18.2 Å². The molecule has 2 atom stereocenters. The van der Waals surface area contributed by atoms with Crippen molar-refractivity contribution in [2.45, 2.75) is 32.4 Å². The standard InChI is InChI=1S/C11H19N3O/c1-2-5-14-6-4-13-11(14)10(12)9-3-7-15-8-9/h4,6,9-10H,2-3,5,7-8,12H2,1H3. The average Bonchev–Trinajstić information content (AvgIpc) is 2.87. The Labute approximate surface area is 90.4 Å². The van der Waals surface area contributed by atoms with Gasteiger partial charge in [0.15, 0.2) is 0 Å². The van der Waals surface area contributed by atoms with Crippen molar-refractivity contribution in [2.75, 3.05) is 13.2 Å². The molecular weight excluding hydrogens is 190 g/mol. The second kappa shape index (κ2) is 4.77. The minimum absolute atomic E-state index is 0.0223. The Bertz CT molecular complexity index is 305. The molecule has 1 fully saturated rings. The number of hydrogen-bond acceptors (Lipinski definition) is 3. The molecule has 0 radical (unpaired) electrons. The topological polar surface area (TPSA) is 53.1 Å². The monoisotopic (exact) mass is 209 g/mol. The maximum atomic E-state index is 6.21. The van der Waals surface area contributed by atoms with Gasteiger partial charge in [0.2, 0.25) is 0 Å². The summed E-state index contributed by atoms with van der Waals surface area (Å²) in [4.78, 5) is 4.36. The van der Waals surface area contributed by atoms with Gasteiger partial charge in [-0.05, 0) is 12.8 Å². The number of ether oxygens (including phenoxy) is 1. The van der Waals surface area contributed by atoms with Crippen LogP contribution in [-0.2, 0) is 11.3 Å². The Kier molecular flexibility index (Phi) is 3.38. The highest BCUT2D eigenvalue weighted by molar-refractivity contribution is 5.01. The lowest BCUT2D eigenvalue weighted by Gasteiger charge is -2.18. The molecule has 2 rings (SSSR count). The molecule has 2 heterocycles. The zero-order valence-corrected chi connectivity index (χ0v) is 9.22. The van der Waals surface area contributed by atoms with Crippen molar-refractivity contribution in [2.24, 2.45) is 11.7 Å². The van der Waals surface area contributed by atoms with E-state index in [1.165, 1.54) is 0 Å². The summed E-state index contributed by atoms with van der Waals surface area (Å²) in [7, 11) is 0. The fourth-order valence-electron chi connectivity index (χ4n) is 2.10. The molecule has 0 bridgehead atoms. The second-order valence-corrected chi connectivity index (χ2v) is 4.13. The van der Waals surface area contributed by atoms with Crippen LogP contribution < -0.4 is 5.73 Å². The van der Waals surface area contributed by atoms with E-state index in [-0.39, 0.29) is 6.04 Å². The third-order valence-electron chi connectivity index (χ3n) is 2.98. The lowest BCUT2D eigenvalue weighted by atomic mass is 9.99. The van der Waals surface area contributed by atoms with Crippen LogP contribution in [0.2, 0.25) is 0 Å². The highest BCUT2D eigenvalue weighted by Crippen LogP contribution is 2.25. The Balaban J connectivity index is 2.09. The van der Waals surface area contributed by atoms with Gasteiger partial charge in [-0.15, -0.1) is 0 Å². The summed E-state index contributed by atoms with van der Waals surface area (Å²) >= 11 is 0. The van der Waals surface area contributed by atoms with Gasteiger partial charge in [-0.3, -0.25) is 0 Å². The lowest BCUT2D eigenvalue weighted by Crippen LogP contribution is -2.25. The summed E-state index contributed by atoms with van der Waals surface area (Å²) < 4.78 is 7.51. The van der Waals surface area contributed by atoms with E-state index in [9.17, 15) is 0 Å². The van der Waals surface area contributed by atoms with Crippen LogP contribution in [0, 0.1) is 5.92 Å². The zero-order valence-electron chi connectivity index (χ0n) is 9.22. The third kappa shape index (κ3) is 2.21. The minimum Gasteiger partial charge on any atom is -0.381 e. The van der Waals surface area contributed by atoms with Gasteiger partial charge in [0.1, 0.15) is 5.82 Å². The van der Waals surface area contributed by atoms with Gasteiger partial charge in [-0.1, -0.05) is 6.92 Å². The van der Waals surface area contributed by atoms with E-state index in [2.05, 4.69) is 16.5 Å². The largest absolute Gasteiger partial charge is 0.381 e. The minimum atomic E-state index is 0.0223. The van der Waals surface area contributed by atoms with Crippen molar-refractivity contribution in [1.82, 2.24) is 9.55 Å². The molecule has 15 heavy (non-hydrogen) atoms. The number of aryl methyl sites for hydroxylation is 1. The van der Waals surface area contributed by atoms with E-state index in [4.69, 9.17) is 10.5 Å². The smallest absolute Gasteiger partial charge is 0.125 e. The third-order valence-corrected chi connectivity index (χ3v) is 2.98. The zero-order chi connectivity index (χ0) is 10.7. The van der Waals surface area contributed by atoms with E-state index >= 15 is 0 Å². The van der Waals surface area contributed by atoms with Crippen LogP contribution >= 0.6 is 0 Å². The predicted molar refractivity (Wildman–Crippen MR) is 58.4 cm³/mol. The van der Waals surface area contributed by atoms with Crippen molar-refractivity contribution < 1.29 is 4.74 Å². The van der Waals surface area contributed by atoms with Crippen LogP contribution in [0.4, 0.5) is 0 Å². The first-order chi connectivity index (χ1) is 7.33. The first-order valence-corrected chi connectivity index (χ1v) is 5.67. The highest BCUT2D eigenvalue weighted by atomic mass is 16.5. The maximum absolute atomic E-state index is 6.21. The van der Waals surface area contributed by atoms with Crippen LogP contribution in [0.15, 0.2) is 12.4 Å². The van der Waals surface area contributed by atoms with Crippen LogP contribution in [0.3, 0.4) is 0 Å². The van der Waals surface area contributed by atoms with Crippen LogP contribution in [-0.4, -0.2) is 22.8 Å². The molecule has 1 aromatic rings. The Morgan fingerprint density at radius 3 is 3.27 bits per heavy atom. The Morgan fingerprint density at radius 1 is 1.73 bits per heavy atom. The van der Waals surface area contributed by atoms with Crippen LogP contribution in [0.1, 0.15) is 31.6 Å². The fraction of sp³-hybridized carbons (Fsp3) is 0.727. The molecule has 0 amide bonds. The molecule has 1 aliphatic rings. The molecule has 0 spiro atoms. The number of nitrogens with zero attached hydrogens (tertiary/aromatic N) is 2. The molecule has 84 valence electrons. The van der Waals surface area contributed by atoms with Gasteiger partial charge in [0.25, 0.3) is 0 Å². The number of nitrogens with two attached hydrogens (primary N) is 1. The highest BCUT2D eigenvalue weighted by Gasteiger charge is 2.26. The van der Waals surface area contributed by atoms with E-state index in [1.54, 1.807) is 0 Å². The Morgan fingerprint density at radius 2 is 2.60 bits per heavy atom. The van der Waals surface area contributed by atoms with Gasteiger partial charge in [0, 0.05) is 31.5 Å². The van der Waals surface area contributed by atoms with Crippen molar-refractivity contribution >= 4 is 0 Å². The van der Waals surface area contributed by atoms with Crippen molar-refractivity contribution in [1.29, 1.82) is 0 Å². The van der Waals surface area contributed by atoms with Gasteiger partial charge in [-0.2, -0.15) is 0 Å². The van der Waals surface area contributed by atoms with Gasteiger partial charge in [0.05, 0.1) is 12.6 Å². The molecule has 1 aromatic heterocycles. The summed E-state index contributed by atoms with van der Waals surface area (Å²) in [6.07, 6.45) is 6.01. The molecular formula is C11H19N3O. The predicted octanol–water partition coefficient (Wildman–Crippen LogP) is 1.33. The van der Waals surface area contributed by atoms with E-state index in [0.717, 1.165) is 38.4 Å². The number of imidazole rings is 1. The summed E-state index contributed by atoms with van der Waals surface area (Å²) in [6, 6.07) is 0.0223. The van der Waals surface area contributed by atoms with Crippen molar-refractivity contribution in [3.63, 3.8) is 0 Å². The number of aromatic nitrogens is 2. The molecule has 0 aromatic carbocycles. The van der Waals surface area contributed by atoms with E-state index in [0.29, 0.717) is 5.92 Å². The summed E-state index contributed by atoms with van der Waals surface area (Å²) in [5.41, 5.74) is 6.21. The van der Waals surface area contributed by atoms with E-state index < -0.39 is 0 Å². The Hall–Kier alpha value is -0.870. The molecule has 2 N–H and O–H groups in total.